The molecule has 112 valence electrons. The van der Waals surface area contributed by atoms with Gasteiger partial charge >= 0.3 is 0 Å². The highest BCUT2D eigenvalue weighted by Crippen LogP contribution is 2.39. The quantitative estimate of drug-likeness (QED) is 0.872. The van der Waals surface area contributed by atoms with Crippen LogP contribution in [0.25, 0.3) is 0 Å². The Kier molecular flexibility index (Phi) is 5.21. The number of anilines is 1. The Morgan fingerprint density at radius 3 is 2.85 bits per heavy atom. The van der Waals surface area contributed by atoms with Crippen LogP contribution in [-0.2, 0) is 9.47 Å². The summed E-state index contributed by atoms with van der Waals surface area (Å²) >= 11 is 6.08. The molecule has 0 spiro atoms. The number of likely N-dealkylation sites (N-methyl/N-ethyl adjacent to an activating group) is 1. The van der Waals surface area contributed by atoms with E-state index in [2.05, 4.69) is 17.2 Å². The molecule has 0 bridgehead atoms. The first kappa shape index (κ1) is 15.5. The van der Waals surface area contributed by atoms with Gasteiger partial charge < -0.3 is 20.5 Å². The third-order valence-corrected chi connectivity index (χ3v) is 4.11. The number of hydrogen-bond acceptors (Lipinski definition) is 5. The summed E-state index contributed by atoms with van der Waals surface area (Å²) in [7, 11) is 1.74. The molecule has 3 N–H and O–H groups in total. The van der Waals surface area contributed by atoms with Gasteiger partial charge in [0.1, 0.15) is 5.82 Å². The van der Waals surface area contributed by atoms with E-state index in [9.17, 15) is 0 Å². The summed E-state index contributed by atoms with van der Waals surface area (Å²) in [5.74, 6) is 0.489. The molecule has 0 aromatic carbocycles. The first-order valence-corrected chi connectivity index (χ1v) is 7.28. The van der Waals surface area contributed by atoms with Gasteiger partial charge in [0, 0.05) is 44.9 Å². The Hall–Kier alpha value is -0.880. The third kappa shape index (κ3) is 3.06. The zero-order valence-corrected chi connectivity index (χ0v) is 12.7. The molecule has 2 heterocycles. The molecule has 6 heteroatoms. The Bertz CT molecular complexity index is 450. The van der Waals surface area contributed by atoms with Crippen LogP contribution in [0.5, 0.6) is 0 Å². The zero-order chi connectivity index (χ0) is 14.6. The van der Waals surface area contributed by atoms with Gasteiger partial charge in [0.05, 0.1) is 16.7 Å². The molecule has 1 saturated heterocycles. The first-order chi connectivity index (χ1) is 9.63. The maximum absolute atomic E-state index is 6.08. The van der Waals surface area contributed by atoms with Gasteiger partial charge in [-0.3, -0.25) is 0 Å². The van der Waals surface area contributed by atoms with Gasteiger partial charge in [0.25, 0.3) is 0 Å². The lowest BCUT2D eigenvalue weighted by Crippen LogP contribution is -2.49. The topological polar surface area (TPSA) is 69.4 Å². The van der Waals surface area contributed by atoms with Gasteiger partial charge in [0.15, 0.2) is 0 Å². The SMILES string of the molecule is CCNC(c1cc(Cl)cnc1N)C1(OC)CCOCC1. The molecule has 1 fully saturated rings. The van der Waals surface area contributed by atoms with Gasteiger partial charge in [-0.15, -0.1) is 0 Å². The molecule has 0 saturated carbocycles. The van der Waals surface area contributed by atoms with Crippen LogP contribution in [-0.4, -0.2) is 37.5 Å². The Morgan fingerprint density at radius 1 is 1.55 bits per heavy atom. The van der Waals surface area contributed by atoms with Gasteiger partial charge in [0.2, 0.25) is 0 Å². The monoisotopic (exact) mass is 299 g/mol. The number of nitrogens with one attached hydrogen (secondary N) is 1. The second kappa shape index (κ2) is 6.72. The molecule has 0 aliphatic carbocycles. The molecule has 2 rings (SSSR count). The number of methoxy groups -OCH3 is 1. The van der Waals surface area contributed by atoms with Crippen LogP contribution in [0.2, 0.25) is 5.02 Å². The number of nitrogen functional groups attached to an aromatic ring is 1. The molecule has 20 heavy (non-hydrogen) atoms. The van der Waals surface area contributed by atoms with Crippen molar-refractivity contribution in [1.29, 1.82) is 0 Å². The highest BCUT2D eigenvalue weighted by molar-refractivity contribution is 6.30. The molecule has 1 unspecified atom stereocenters. The molecule has 1 aromatic rings. The average Bonchev–Trinajstić information content (AvgIpc) is 2.48. The lowest BCUT2D eigenvalue weighted by Gasteiger charge is -2.43. The van der Waals surface area contributed by atoms with Crippen LogP contribution in [0.1, 0.15) is 31.4 Å². The average molecular weight is 300 g/mol. The number of aromatic nitrogens is 1. The molecular formula is C14H22ClN3O2. The normalized spacial score (nSPS) is 19.8. The number of ether oxygens (including phenoxy) is 2. The molecule has 1 aliphatic heterocycles. The molecule has 1 atom stereocenters. The van der Waals surface area contributed by atoms with E-state index in [4.69, 9.17) is 26.8 Å². The van der Waals surface area contributed by atoms with Crippen molar-refractivity contribution in [1.82, 2.24) is 10.3 Å². The van der Waals surface area contributed by atoms with E-state index in [0.717, 1.165) is 24.9 Å². The van der Waals surface area contributed by atoms with Crippen molar-refractivity contribution >= 4 is 17.4 Å². The standard InChI is InChI=1S/C14H22ClN3O2/c1-3-17-12(11-8-10(15)9-18-13(11)16)14(19-2)4-6-20-7-5-14/h8-9,12,17H,3-7H2,1-2H3,(H2,16,18). The maximum atomic E-state index is 6.08. The van der Waals surface area contributed by atoms with Crippen molar-refractivity contribution < 1.29 is 9.47 Å². The number of nitrogens with zero attached hydrogens (tertiary/aromatic N) is 1. The fraction of sp³-hybridized carbons (Fsp3) is 0.643. The van der Waals surface area contributed by atoms with E-state index in [1.165, 1.54) is 0 Å². The van der Waals surface area contributed by atoms with Crippen LogP contribution in [0, 0.1) is 0 Å². The van der Waals surface area contributed by atoms with E-state index >= 15 is 0 Å². The highest BCUT2D eigenvalue weighted by atomic mass is 35.5. The maximum Gasteiger partial charge on any atom is 0.128 e. The third-order valence-electron chi connectivity index (χ3n) is 3.91. The molecule has 1 aliphatic rings. The summed E-state index contributed by atoms with van der Waals surface area (Å²) in [6.07, 6.45) is 3.19. The fourth-order valence-corrected chi connectivity index (χ4v) is 2.97. The Morgan fingerprint density at radius 2 is 2.25 bits per heavy atom. The van der Waals surface area contributed by atoms with Crippen molar-refractivity contribution in [2.75, 3.05) is 32.6 Å². The van der Waals surface area contributed by atoms with E-state index in [1.807, 2.05) is 6.07 Å². The van der Waals surface area contributed by atoms with Gasteiger partial charge in [-0.2, -0.15) is 0 Å². The van der Waals surface area contributed by atoms with Crippen molar-refractivity contribution in [3.63, 3.8) is 0 Å². The van der Waals surface area contributed by atoms with Crippen LogP contribution in [0.3, 0.4) is 0 Å². The summed E-state index contributed by atoms with van der Waals surface area (Å²) < 4.78 is 11.3. The predicted molar refractivity (Wildman–Crippen MR) is 79.9 cm³/mol. The van der Waals surface area contributed by atoms with Crippen LogP contribution >= 0.6 is 11.6 Å². The molecule has 5 nitrogen and oxygen atoms in total. The molecule has 1 aromatic heterocycles. The van der Waals surface area contributed by atoms with E-state index in [1.54, 1.807) is 13.3 Å². The molecule has 0 amide bonds. The minimum absolute atomic E-state index is 0.0485. The highest BCUT2D eigenvalue weighted by Gasteiger charge is 2.42. The van der Waals surface area contributed by atoms with E-state index < -0.39 is 0 Å². The molecule has 0 radical (unpaired) electrons. The van der Waals surface area contributed by atoms with Crippen molar-refractivity contribution in [2.24, 2.45) is 0 Å². The number of rotatable bonds is 5. The first-order valence-electron chi connectivity index (χ1n) is 6.90. The Labute approximate surface area is 124 Å². The van der Waals surface area contributed by atoms with Crippen LogP contribution < -0.4 is 11.1 Å². The number of pyridine rings is 1. The lowest BCUT2D eigenvalue weighted by atomic mass is 9.82. The molecular weight excluding hydrogens is 278 g/mol. The largest absolute Gasteiger partial charge is 0.383 e. The van der Waals surface area contributed by atoms with Gasteiger partial charge in [-0.05, 0) is 12.6 Å². The van der Waals surface area contributed by atoms with E-state index in [0.29, 0.717) is 24.1 Å². The summed E-state index contributed by atoms with van der Waals surface area (Å²) in [6, 6.07) is 1.82. The summed E-state index contributed by atoms with van der Waals surface area (Å²) in [4.78, 5) is 4.16. The van der Waals surface area contributed by atoms with Crippen molar-refractivity contribution in [2.45, 2.75) is 31.4 Å². The predicted octanol–water partition coefficient (Wildman–Crippen LogP) is 2.16. The summed E-state index contributed by atoms with van der Waals surface area (Å²) in [5.41, 5.74) is 6.60. The van der Waals surface area contributed by atoms with Crippen molar-refractivity contribution in [3.8, 4) is 0 Å². The van der Waals surface area contributed by atoms with Gasteiger partial charge in [-0.1, -0.05) is 18.5 Å². The number of nitrogens with two attached hydrogens (primary N) is 1. The summed E-state index contributed by atoms with van der Waals surface area (Å²) in [5, 5.41) is 4.05. The lowest BCUT2D eigenvalue weighted by molar-refractivity contribution is -0.111. The number of halogens is 1. The second-order valence-corrected chi connectivity index (χ2v) is 5.44. The van der Waals surface area contributed by atoms with E-state index in [-0.39, 0.29) is 11.6 Å². The fourth-order valence-electron chi connectivity index (χ4n) is 2.81. The van der Waals surface area contributed by atoms with Crippen LogP contribution in [0.15, 0.2) is 12.3 Å². The number of hydrogen-bond donors (Lipinski definition) is 2. The zero-order valence-electron chi connectivity index (χ0n) is 12.0. The minimum Gasteiger partial charge on any atom is -0.383 e. The van der Waals surface area contributed by atoms with Crippen LogP contribution in [0.4, 0.5) is 5.82 Å². The smallest absolute Gasteiger partial charge is 0.128 e. The van der Waals surface area contributed by atoms with Gasteiger partial charge in [-0.25, -0.2) is 4.98 Å². The Balaban J connectivity index is 2.40. The minimum atomic E-state index is -0.339. The van der Waals surface area contributed by atoms with Crippen molar-refractivity contribution in [3.05, 3.63) is 22.8 Å². The summed E-state index contributed by atoms with van der Waals surface area (Å²) in [6.45, 7) is 4.24. The second-order valence-electron chi connectivity index (χ2n) is 5.00.